The highest BCUT2D eigenvalue weighted by atomic mass is 35.5. The van der Waals surface area contributed by atoms with E-state index in [1.54, 1.807) is 0 Å². The number of nitrogens with two attached hydrogens (primary N) is 1. The molecule has 0 aromatic carbocycles. The molecule has 7 N–H and O–H groups in total. The number of carbonyl (C=O) groups is 7. The Kier molecular flexibility index (Phi) is 12.5. The van der Waals surface area contributed by atoms with Gasteiger partial charge in [0.25, 0.3) is 0 Å². The summed E-state index contributed by atoms with van der Waals surface area (Å²) in [5, 5.41) is 17.3. The van der Waals surface area contributed by atoms with Crippen LogP contribution in [0.5, 0.6) is 0 Å². The Morgan fingerprint density at radius 1 is 0.871 bits per heavy atom. The lowest BCUT2D eigenvalue weighted by molar-refractivity contribution is -0.141. The molecular weight excluding hydrogens is 438 g/mol. The van der Waals surface area contributed by atoms with Crippen LogP contribution < -0.4 is 27.0 Å². The van der Waals surface area contributed by atoms with E-state index in [2.05, 4.69) is 21.3 Å². The minimum absolute atomic E-state index is 0.0196. The molecule has 0 rings (SSSR count). The maximum atomic E-state index is 12.4. The zero-order chi connectivity index (χ0) is 24.1. The summed E-state index contributed by atoms with van der Waals surface area (Å²) in [5.74, 6) is -5.52. The van der Waals surface area contributed by atoms with Crippen molar-refractivity contribution in [2.45, 2.75) is 57.2 Å². The van der Waals surface area contributed by atoms with Gasteiger partial charge in [0.05, 0.1) is 12.8 Å². The van der Waals surface area contributed by atoms with E-state index in [1.807, 2.05) is 0 Å². The van der Waals surface area contributed by atoms with Crippen molar-refractivity contribution in [2.24, 2.45) is 5.73 Å². The molecule has 0 fully saturated rings. The van der Waals surface area contributed by atoms with Crippen LogP contribution in [0, 0.1) is 0 Å². The van der Waals surface area contributed by atoms with Gasteiger partial charge >= 0.3 is 5.97 Å². The fraction of sp³-hybridized carbons (Fsp3) is 0.588. The Morgan fingerprint density at radius 3 is 1.90 bits per heavy atom. The van der Waals surface area contributed by atoms with Crippen molar-refractivity contribution in [1.29, 1.82) is 0 Å². The van der Waals surface area contributed by atoms with Crippen LogP contribution in [-0.2, 0) is 33.6 Å². The maximum absolute atomic E-state index is 12.4. The lowest BCUT2D eigenvalue weighted by Crippen LogP contribution is -2.57. The van der Waals surface area contributed by atoms with Gasteiger partial charge in [-0.05, 0) is 24.9 Å². The third-order valence-corrected chi connectivity index (χ3v) is 4.03. The number of primary amides is 1. The summed E-state index contributed by atoms with van der Waals surface area (Å²) in [6.07, 6.45) is -1.29. The highest BCUT2D eigenvalue weighted by Gasteiger charge is 2.30. The van der Waals surface area contributed by atoms with E-state index in [0.717, 1.165) is 0 Å². The number of carboxylic acid groups (broad SMARTS) is 1. The van der Waals surface area contributed by atoms with Crippen molar-refractivity contribution in [3.05, 3.63) is 0 Å². The Balaban J connectivity index is 5.07. The largest absolute Gasteiger partial charge is 0.481 e. The molecule has 3 atom stereocenters. The highest BCUT2D eigenvalue weighted by molar-refractivity contribution is 6.63. The molecule has 0 aliphatic carbocycles. The topological polar surface area (TPSA) is 214 Å². The first-order valence-corrected chi connectivity index (χ1v) is 9.55. The number of carbonyl (C=O) groups excluding carboxylic acids is 6. The second-order valence-electron chi connectivity index (χ2n) is 6.50. The van der Waals surface area contributed by atoms with Crippen LogP contribution in [0.1, 0.15) is 39.0 Å². The van der Waals surface area contributed by atoms with Crippen molar-refractivity contribution >= 4 is 52.3 Å². The maximum Gasteiger partial charge on any atom is 0.305 e. The summed E-state index contributed by atoms with van der Waals surface area (Å²) in [7, 11) is 1.26. The summed E-state index contributed by atoms with van der Waals surface area (Å²) in [5.41, 5.74) is 5.04. The number of carboxylic acids is 1. The highest BCUT2D eigenvalue weighted by Crippen LogP contribution is 2.01. The van der Waals surface area contributed by atoms with Crippen molar-refractivity contribution < 1.29 is 38.7 Å². The first-order chi connectivity index (χ1) is 14.4. The van der Waals surface area contributed by atoms with Gasteiger partial charge in [-0.2, -0.15) is 0 Å². The van der Waals surface area contributed by atoms with Gasteiger partial charge in [-0.1, -0.05) is 0 Å². The summed E-state index contributed by atoms with van der Waals surface area (Å²) < 4.78 is 0. The van der Waals surface area contributed by atoms with Crippen LogP contribution in [0.3, 0.4) is 0 Å². The smallest absolute Gasteiger partial charge is 0.305 e. The van der Waals surface area contributed by atoms with E-state index in [1.165, 1.54) is 14.0 Å². The molecule has 31 heavy (non-hydrogen) atoms. The molecule has 0 aliphatic rings. The molecule has 0 unspecified atom stereocenters. The molecule has 13 nitrogen and oxygen atoms in total. The summed E-state index contributed by atoms with van der Waals surface area (Å²) in [4.78, 5) is 81.1. The fourth-order valence-electron chi connectivity index (χ4n) is 2.30. The predicted molar refractivity (Wildman–Crippen MR) is 106 cm³/mol. The van der Waals surface area contributed by atoms with Crippen molar-refractivity contribution in [3.8, 4) is 0 Å². The normalized spacial score (nSPS) is 13.1. The molecule has 0 saturated carbocycles. The molecule has 0 saturated heterocycles. The van der Waals surface area contributed by atoms with Crippen LogP contribution in [0.4, 0.5) is 0 Å². The van der Waals surface area contributed by atoms with E-state index in [9.17, 15) is 33.6 Å². The number of aliphatic carboxylic acids is 1. The molecule has 0 heterocycles. The molecule has 0 spiro atoms. The van der Waals surface area contributed by atoms with Crippen LogP contribution in [0.15, 0.2) is 0 Å². The van der Waals surface area contributed by atoms with E-state index in [4.69, 9.17) is 22.4 Å². The second kappa shape index (κ2) is 13.9. The van der Waals surface area contributed by atoms with E-state index in [0.29, 0.717) is 0 Å². The fourth-order valence-corrected chi connectivity index (χ4v) is 2.44. The third-order valence-electron chi connectivity index (χ3n) is 3.84. The predicted octanol–water partition coefficient (Wildman–Crippen LogP) is -2.51. The van der Waals surface area contributed by atoms with Gasteiger partial charge in [-0.15, -0.1) is 0 Å². The molecule has 0 aromatic rings. The van der Waals surface area contributed by atoms with Gasteiger partial charge < -0.3 is 32.1 Å². The number of nitrogens with one attached hydrogen (secondary N) is 4. The van der Waals surface area contributed by atoms with Gasteiger partial charge in [0, 0.05) is 19.9 Å². The van der Waals surface area contributed by atoms with Gasteiger partial charge in [-0.3, -0.25) is 33.6 Å². The summed E-state index contributed by atoms with van der Waals surface area (Å²) >= 11 is 5.17. The summed E-state index contributed by atoms with van der Waals surface area (Å²) in [6, 6.07) is -4.10. The number of hydrogen-bond acceptors (Lipinski definition) is 7. The van der Waals surface area contributed by atoms with Gasteiger partial charge in [0.15, 0.2) is 0 Å². The average Bonchev–Trinajstić information content (AvgIpc) is 2.64. The molecule has 14 heteroatoms. The minimum atomic E-state index is -1.60. The number of hydrogen-bond donors (Lipinski definition) is 6. The number of halogens is 1. The van der Waals surface area contributed by atoms with Gasteiger partial charge in [0.1, 0.15) is 18.1 Å². The number of likely N-dealkylation sites (N-methyl/N-ethyl adjacent to an activating group) is 1. The molecule has 0 bridgehead atoms. The zero-order valence-corrected chi connectivity index (χ0v) is 17.8. The van der Waals surface area contributed by atoms with E-state index < -0.39 is 71.7 Å². The van der Waals surface area contributed by atoms with Crippen molar-refractivity contribution in [3.63, 3.8) is 0 Å². The molecule has 0 radical (unpaired) electrons. The van der Waals surface area contributed by atoms with Gasteiger partial charge in [0.2, 0.25) is 34.8 Å². The second-order valence-corrected chi connectivity index (χ2v) is 6.92. The lowest BCUT2D eigenvalue weighted by atomic mass is 10.1. The minimum Gasteiger partial charge on any atom is -0.481 e. The average molecular weight is 464 g/mol. The first kappa shape index (κ1) is 27.8. The Morgan fingerprint density at radius 2 is 1.42 bits per heavy atom. The van der Waals surface area contributed by atoms with E-state index in [-0.39, 0.29) is 19.3 Å². The quantitative estimate of drug-likeness (QED) is 0.151. The Bertz CT molecular complexity index is 729. The molecule has 174 valence electrons. The molecule has 5 amide bonds. The Labute approximate surface area is 182 Å². The summed E-state index contributed by atoms with van der Waals surface area (Å²) in [6.45, 7) is 1.30. The number of rotatable bonds is 14. The van der Waals surface area contributed by atoms with E-state index >= 15 is 0 Å². The van der Waals surface area contributed by atoms with Crippen LogP contribution in [-0.4, -0.2) is 71.0 Å². The lowest BCUT2D eigenvalue weighted by Gasteiger charge is -2.22. The third kappa shape index (κ3) is 12.2. The van der Waals surface area contributed by atoms with Crippen molar-refractivity contribution in [1.82, 2.24) is 21.3 Å². The zero-order valence-electron chi connectivity index (χ0n) is 17.0. The van der Waals surface area contributed by atoms with Crippen LogP contribution >= 0.6 is 11.6 Å². The SMILES string of the molecule is CNC(=O)[C@H](CC(N)=O)NC(=O)[C@@H](CC(=O)O)NC(=O)[C@H](C)NC(=O)CCCC(=O)Cl. The van der Waals surface area contributed by atoms with Crippen molar-refractivity contribution in [2.75, 3.05) is 7.05 Å². The monoisotopic (exact) mass is 463 g/mol. The molecular formula is C17H26ClN5O8. The molecule has 0 aliphatic heterocycles. The first-order valence-electron chi connectivity index (χ1n) is 9.17. The van der Waals surface area contributed by atoms with Crippen LogP contribution in [0.25, 0.3) is 0 Å². The van der Waals surface area contributed by atoms with Gasteiger partial charge in [-0.25, -0.2) is 0 Å². The van der Waals surface area contributed by atoms with Crippen LogP contribution in [0.2, 0.25) is 0 Å². The molecule has 0 aromatic heterocycles. The number of amides is 5. The Hall–Kier alpha value is -3.22. The standard InChI is InChI=1S/C17H26ClN5O8/c1-8(21-13(26)5-3-4-11(18)24)15(29)22-10(7-14(27)28)17(31)23-9(6-12(19)25)16(30)20-2/h8-10H,3-7H2,1-2H3,(H2,19,25)(H,20,30)(H,21,26)(H,22,29)(H,23,31)(H,27,28)/t8-,9-,10+/m0/s1.